The van der Waals surface area contributed by atoms with Crippen LogP contribution in [0.25, 0.3) is 77.8 Å². The van der Waals surface area contributed by atoms with Gasteiger partial charge in [-0.15, -0.1) is 16.4 Å². The van der Waals surface area contributed by atoms with E-state index < -0.39 is 5.41 Å². The molecule has 9 aromatic rings. The van der Waals surface area contributed by atoms with Gasteiger partial charge in [0.25, 0.3) is 0 Å². The van der Waals surface area contributed by atoms with Gasteiger partial charge in [-0.3, -0.25) is 4.57 Å². The summed E-state index contributed by atoms with van der Waals surface area (Å²) in [5, 5.41) is 4.26. The summed E-state index contributed by atoms with van der Waals surface area (Å²) in [5.74, 6) is 0.983. The van der Waals surface area contributed by atoms with E-state index in [1.165, 1.54) is 0 Å². The molecule has 0 N–H and O–H groups in total. The maximum Gasteiger partial charge on any atom is 0.238 e. The zero-order valence-corrected chi connectivity index (χ0v) is 33.7. The van der Waals surface area contributed by atoms with Crippen LogP contribution < -0.4 is 21.9 Å². The van der Waals surface area contributed by atoms with Crippen molar-refractivity contribution < 1.29 is 0 Å². The van der Waals surface area contributed by atoms with E-state index in [1.54, 1.807) is 0 Å². The highest BCUT2D eigenvalue weighted by Gasteiger charge is 2.41. The van der Waals surface area contributed by atoms with Crippen molar-refractivity contribution in [3.05, 3.63) is 161 Å². The van der Waals surface area contributed by atoms with Gasteiger partial charge in [0, 0.05) is 43.8 Å². The zero-order valence-electron chi connectivity index (χ0n) is 33.7. The lowest BCUT2D eigenvalue weighted by Gasteiger charge is -2.29. The Labute approximate surface area is 364 Å². The Hall–Kier alpha value is -6.40. The van der Waals surface area contributed by atoms with Crippen molar-refractivity contribution in [3.63, 3.8) is 0 Å². The molecule has 1 aliphatic carbocycles. The number of nitrogens with zero attached hydrogens (tertiary/aromatic N) is 5. The van der Waals surface area contributed by atoms with Crippen LogP contribution in [-0.2, 0) is 5.41 Å². The quantitative estimate of drug-likeness (QED) is 0.201. The standard InChI is InChI=1S/C49H30B7N5/c1-25-35-38(41(54)43(56)42(55)40(35)53)49(2,3)37(25)39(52)36(32(51)24-50)47-57-46(26-14-6-4-7-15-26)58-48(59-47)61-34-21-13-11-19-29(34)31-23-22-30-28-18-10-12-20-33(28)60(44(30)45(31)61)27-16-8-5-9-17-27/h4-23H,1,24H2,2-3H3/b36-32-,39-37-. The van der Waals surface area contributed by atoms with E-state index in [2.05, 4.69) is 88.5 Å². The molecule has 0 unspecified atom stereocenters. The van der Waals surface area contributed by atoms with Crippen LogP contribution in [0.5, 0.6) is 0 Å². The molecule has 0 bridgehead atoms. The van der Waals surface area contributed by atoms with Gasteiger partial charge in [0.05, 0.1) is 29.9 Å². The molecule has 0 spiro atoms. The number of para-hydroxylation sites is 3. The van der Waals surface area contributed by atoms with Crippen molar-refractivity contribution in [1.82, 2.24) is 24.1 Å². The molecule has 0 amide bonds. The lowest BCUT2D eigenvalue weighted by Crippen LogP contribution is -2.51. The molecule has 0 saturated heterocycles. The van der Waals surface area contributed by atoms with Crippen LogP contribution in [0.3, 0.4) is 0 Å². The summed E-state index contributed by atoms with van der Waals surface area (Å²) in [6.07, 6.45) is -0.0534. The molecule has 5 nitrogen and oxygen atoms in total. The van der Waals surface area contributed by atoms with Crippen molar-refractivity contribution in [2.24, 2.45) is 0 Å². The Balaban J connectivity index is 1.33. The first-order valence-corrected chi connectivity index (χ1v) is 19.9. The molecule has 272 valence electrons. The Bertz CT molecular complexity index is 3400. The second-order valence-electron chi connectivity index (χ2n) is 15.9. The number of aromatic nitrogens is 5. The molecule has 0 fully saturated rings. The third kappa shape index (κ3) is 5.67. The molecule has 3 heterocycles. The Kier molecular flexibility index (Phi) is 9.14. The van der Waals surface area contributed by atoms with Crippen molar-refractivity contribution >= 4 is 132 Å². The third-order valence-electron chi connectivity index (χ3n) is 12.2. The number of allylic oxidation sites excluding steroid dienone is 5. The zero-order chi connectivity index (χ0) is 42.5. The van der Waals surface area contributed by atoms with Gasteiger partial charge in [-0.1, -0.05) is 140 Å². The van der Waals surface area contributed by atoms with Crippen LogP contribution >= 0.6 is 0 Å². The van der Waals surface area contributed by atoms with Gasteiger partial charge in [0.2, 0.25) is 5.95 Å². The first kappa shape index (κ1) is 38.8. The van der Waals surface area contributed by atoms with Crippen molar-refractivity contribution in [2.45, 2.75) is 25.6 Å². The number of benzene rings is 6. The maximum absolute atomic E-state index is 7.36. The van der Waals surface area contributed by atoms with Crippen molar-refractivity contribution in [2.75, 3.05) is 0 Å². The minimum atomic E-state index is -0.849. The van der Waals surface area contributed by atoms with Gasteiger partial charge in [-0.25, -0.2) is 4.98 Å². The van der Waals surface area contributed by atoms with Gasteiger partial charge in [-0.05, 0) is 46.5 Å². The SMILES string of the molecule is [B]C/C([B])=C(\C([B])=C1/C(=C)c2c([B])c([B])c([B])c([B])c2C1(C)C)c1nc(-c2ccccc2)nc(-n2c3ccccc3c3ccc4c5ccccc5n(-c5ccccc5)c4c32)n1. The summed E-state index contributed by atoms with van der Waals surface area (Å²) in [6.45, 7) is 8.44. The van der Waals surface area contributed by atoms with Gasteiger partial charge < -0.3 is 4.57 Å². The van der Waals surface area contributed by atoms with Crippen molar-refractivity contribution in [3.8, 4) is 23.0 Å². The fourth-order valence-electron chi connectivity index (χ4n) is 9.43. The molecule has 0 atom stereocenters. The van der Waals surface area contributed by atoms with Crippen LogP contribution in [0.15, 0.2) is 144 Å². The lowest BCUT2D eigenvalue weighted by molar-refractivity contribution is 0.664. The highest BCUT2D eigenvalue weighted by molar-refractivity contribution is 6.64. The van der Waals surface area contributed by atoms with E-state index in [4.69, 9.17) is 69.9 Å². The van der Waals surface area contributed by atoms with E-state index in [9.17, 15) is 0 Å². The smallest absolute Gasteiger partial charge is 0.238 e. The number of hydrogen-bond acceptors (Lipinski definition) is 3. The third-order valence-corrected chi connectivity index (χ3v) is 12.2. The average Bonchev–Trinajstić information content (AvgIpc) is 3.87. The van der Waals surface area contributed by atoms with Gasteiger partial charge in [0.15, 0.2) is 11.6 Å². The van der Waals surface area contributed by atoms with Gasteiger partial charge >= 0.3 is 0 Å². The van der Waals surface area contributed by atoms with Crippen LogP contribution in [0.2, 0.25) is 6.32 Å². The molecule has 3 aromatic heterocycles. The van der Waals surface area contributed by atoms with E-state index in [0.717, 1.165) is 54.9 Å². The van der Waals surface area contributed by atoms with Crippen LogP contribution in [0.1, 0.15) is 30.8 Å². The molecule has 12 heteroatoms. The summed E-state index contributed by atoms with van der Waals surface area (Å²) in [7, 11) is 46.7. The lowest BCUT2D eigenvalue weighted by atomic mass is 9.61. The molecular formula is C49H30B7N5. The largest absolute Gasteiger partial charge is 0.307 e. The topological polar surface area (TPSA) is 48.5 Å². The Morgan fingerprint density at radius 1 is 0.607 bits per heavy atom. The molecule has 10 rings (SSSR count). The molecule has 6 aromatic carbocycles. The summed E-state index contributed by atoms with van der Waals surface area (Å²) >= 11 is 0. The predicted molar refractivity (Wildman–Crippen MR) is 260 cm³/mol. The molecule has 14 radical (unpaired) electrons. The number of hydrogen-bond donors (Lipinski definition) is 0. The molecule has 1 aliphatic rings. The highest BCUT2D eigenvalue weighted by atomic mass is 15.2. The second kappa shape index (κ2) is 14.4. The van der Waals surface area contributed by atoms with E-state index in [0.29, 0.717) is 45.1 Å². The summed E-state index contributed by atoms with van der Waals surface area (Å²) in [6, 6.07) is 41.2. The van der Waals surface area contributed by atoms with Crippen LogP contribution in [0, 0.1) is 0 Å². The first-order valence-electron chi connectivity index (χ1n) is 19.9. The summed E-state index contributed by atoms with van der Waals surface area (Å²) in [4.78, 5) is 15.7. The minimum Gasteiger partial charge on any atom is -0.307 e. The van der Waals surface area contributed by atoms with Gasteiger partial charge in [0.1, 0.15) is 47.1 Å². The maximum atomic E-state index is 7.36. The van der Waals surface area contributed by atoms with Crippen LogP contribution in [0.4, 0.5) is 0 Å². The highest BCUT2D eigenvalue weighted by Crippen LogP contribution is 2.50. The normalized spacial score (nSPS) is 14.9. The molecule has 0 aliphatic heterocycles. The second-order valence-corrected chi connectivity index (χ2v) is 15.9. The Morgan fingerprint density at radius 2 is 1.15 bits per heavy atom. The molecule has 0 saturated carbocycles. The first-order chi connectivity index (χ1) is 29.4. The van der Waals surface area contributed by atoms with Crippen molar-refractivity contribution in [1.29, 1.82) is 0 Å². The van der Waals surface area contributed by atoms with E-state index in [-0.39, 0.29) is 39.5 Å². The van der Waals surface area contributed by atoms with E-state index >= 15 is 0 Å². The number of fused-ring (bicyclic) bond motifs is 8. The predicted octanol–water partition coefficient (Wildman–Crippen LogP) is 5.80. The monoisotopic (exact) mass is 765 g/mol. The van der Waals surface area contributed by atoms with E-state index in [1.807, 2.05) is 62.4 Å². The van der Waals surface area contributed by atoms with Crippen LogP contribution in [-0.4, -0.2) is 79.0 Å². The summed E-state index contributed by atoms with van der Waals surface area (Å²) < 4.78 is 4.43. The molecular weight excluding hydrogens is 734 g/mol. The minimum absolute atomic E-state index is 0.0534. The summed E-state index contributed by atoms with van der Waals surface area (Å²) in [5.41, 5.74) is 9.06. The molecule has 61 heavy (non-hydrogen) atoms. The van der Waals surface area contributed by atoms with Gasteiger partial charge in [-0.2, -0.15) is 9.97 Å². The average molecular weight is 764 g/mol. The Morgan fingerprint density at radius 3 is 1.77 bits per heavy atom. The fourth-order valence-corrected chi connectivity index (χ4v) is 9.43. The number of rotatable bonds is 6. The fraction of sp³-hybridized carbons (Fsp3) is 0.0816.